The first kappa shape index (κ1) is 8.75. The minimum atomic E-state index is 0.878. The van der Waals surface area contributed by atoms with Crippen LogP contribution in [0.5, 0.6) is 5.75 Å². The number of methoxy groups -OCH3 is 1. The van der Waals surface area contributed by atoms with Gasteiger partial charge in [0.05, 0.1) is 17.3 Å². The van der Waals surface area contributed by atoms with Gasteiger partial charge >= 0.3 is 0 Å². The number of hydrogen-bond acceptors (Lipinski definition) is 2. The van der Waals surface area contributed by atoms with Gasteiger partial charge in [0.25, 0.3) is 0 Å². The summed E-state index contributed by atoms with van der Waals surface area (Å²) < 4.78 is 6.17. The third-order valence-corrected chi connectivity index (χ3v) is 2.73. The second-order valence-corrected chi connectivity index (χ2v) is 3.99. The molecule has 0 atom stereocenters. The SMILES string of the molecule is COc1cc2c(cc1Br)N=C(C)C2. The van der Waals surface area contributed by atoms with Gasteiger partial charge in [-0.05, 0) is 40.5 Å². The summed E-state index contributed by atoms with van der Waals surface area (Å²) >= 11 is 3.44. The average Bonchev–Trinajstić information content (AvgIpc) is 2.42. The van der Waals surface area contributed by atoms with E-state index < -0.39 is 0 Å². The molecular weight excluding hydrogens is 230 g/mol. The van der Waals surface area contributed by atoms with Crippen LogP contribution in [0.3, 0.4) is 0 Å². The maximum Gasteiger partial charge on any atom is 0.133 e. The first-order valence-corrected chi connectivity index (χ1v) is 4.90. The van der Waals surface area contributed by atoms with E-state index in [2.05, 4.69) is 20.9 Å². The monoisotopic (exact) mass is 239 g/mol. The number of ether oxygens (including phenoxy) is 1. The van der Waals surface area contributed by atoms with Gasteiger partial charge < -0.3 is 4.74 Å². The molecule has 0 radical (unpaired) electrons. The lowest BCUT2D eigenvalue weighted by molar-refractivity contribution is 0.412. The van der Waals surface area contributed by atoms with E-state index in [0.717, 1.165) is 28.0 Å². The predicted molar refractivity (Wildman–Crippen MR) is 57.2 cm³/mol. The largest absolute Gasteiger partial charge is 0.496 e. The van der Waals surface area contributed by atoms with Crippen molar-refractivity contribution in [3.8, 4) is 5.75 Å². The maximum atomic E-state index is 5.21. The molecule has 0 aliphatic carbocycles. The van der Waals surface area contributed by atoms with Crippen LogP contribution in [0.4, 0.5) is 5.69 Å². The number of nitrogens with zero attached hydrogens (tertiary/aromatic N) is 1. The van der Waals surface area contributed by atoms with Crippen molar-refractivity contribution in [1.82, 2.24) is 0 Å². The molecule has 0 saturated heterocycles. The molecule has 0 saturated carbocycles. The Bertz CT molecular complexity index is 385. The zero-order chi connectivity index (χ0) is 9.42. The highest BCUT2D eigenvalue weighted by atomic mass is 79.9. The Balaban J connectivity index is 2.51. The summed E-state index contributed by atoms with van der Waals surface area (Å²) in [5.41, 5.74) is 3.47. The fraction of sp³-hybridized carbons (Fsp3) is 0.300. The fourth-order valence-electron chi connectivity index (χ4n) is 1.51. The van der Waals surface area contributed by atoms with Crippen molar-refractivity contribution in [2.75, 3.05) is 7.11 Å². The fourth-order valence-corrected chi connectivity index (χ4v) is 2.00. The second-order valence-electron chi connectivity index (χ2n) is 3.14. The van der Waals surface area contributed by atoms with Crippen molar-refractivity contribution >= 4 is 27.3 Å². The Morgan fingerprint density at radius 3 is 2.92 bits per heavy atom. The number of halogens is 1. The molecule has 1 aromatic carbocycles. The minimum absolute atomic E-state index is 0.878. The lowest BCUT2D eigenvalue weighted by Gasteiger charge is -2.05. The van der Waals surface area contributed by atoms with E-state index in [1.54, 1.807) is 7.11 Å². The molecule has 1 aromatic rings. The quantitative estimate of drug-likeness (QED) is 0.739. The van der Waals surface area contributed by atoms with Crippen LogP contribution in [0.1, 0.15) is 12.5 Å². The van der Waals surface area contributed by atoms with Gasteiger partial charge in [0.1, 0.15) is 5.75 Å². The Morgan fingerprint density at radius 1 is 1.46 bits per heavy atom. The molecule has 0 unspecified atom stereocenters. The molecular formula is C10H10BrNO. The van der Waals surface area contributed by atoms with Crippen molar-refractivity contribution in [3.05, 3.63) is 22.2 Å². The molecule has 1 aliphatic heterocycles. The van der Waals surface area contributed by atoms with E-state index in [9.17, 15) is 0 Å². The van der Waals surface area contributed by atoms with Crippen LogP contribution in [0, 0.1) is 0 Å². The van der Waals surface area contributed by atoms with Gasteiger partial charge in [0.15, 0.2) is 0 Å². The third kappa shape index (κ3) is 1.48. The van der Waals surface area contributed by atoms with Crippen LogP contribution < -0.4 is 4.74 Å². The molecule has 2 rings (SSSR count). The number of hydrogen-bond donors (Lipinski definition) is 0. The Labute approximate surface area is 85.8 Å². The third-order valence-electron chi connectivity index (χ3n) is 2.11. The van der Waals surface area contributed by atoms with Crippen molar-refractivity contribution in [2.45, 2.75) is 13.3 Å². The van der Waals surface area contributed by atoms with E-state index in [-0.39, 0.29) is 0 Å². The van der Waals surface area contributed by atoms with E-state index in [0.29, 0.717) is 0 Å². The van der Waals surface area contributed by atoms with Gasteiger partial charge in [-0.1, -0.05) is 0 Å². The minimum Gasteiger partial charge on any atom is -0.496 e. The van der Waals surface area contributed by atoms with Crippen molar-refractivity contribution in [3.63, 3.8) is 0 Å². The standard InChI is InChI=1S/C10H10BrNO/c1-6-3-7-4-10(13-2)8(11)5-9(7)12-6/h4-5H,3H2,1-2H3. The summed E-state index contributed by atoms with van der Waals surface area (Å²) in [6.45, 7) is 2.04. The van der Waals surface area contributed by atoms with Gasteiger partial charge in [0.2, 0.25) is 0 Å². The molecule has 3 heteroatoms. The Hall–Kier alpha value is -0.830. The van der Waals surface area contributed by atoms with E-state index in [1.807, 2.05) is 19.1 Å². The number of aliphatic imine (C=N–C) groups is 1. The summed E-state index contributed by atoms with van der Waals surface area (Å²) in [6.07, 6.45) is 0.943. The highest BCUT2D eigenvalue weighted by molar-refractivity contribution is 9.10. The molecule has 0 N–H and O–H groups in total. The zero-order valence-electron chi connectivity index (χ0n) is 7.60. The lowest BCUT2D eigenvalue weighted by atomic mass is 10.1. The highest BCUT2D eigenvalue weighted by Crippen LogP contribution is 2.36. The van der Waals surface area contributed by atoms with Gasteiger partial charge in [-0.15, -0.1) is 0 Å². The van der Waals surface area contributed by atoms with E-state index >= 15 is 0 Å². The van der Waals surface area contributed by atoms with Crippen LogP contribution in [0.15, 0.2) is 21.6 Å². The molecule has 1 heterocycles. The van der Waals surface area contributed by atoms with Gasteiger partial charge in [0, 0.05) is 12.1 Å². The molecule has 0 bridgehead atoms. The molecule has 68 valence electrons. The predicted octanol–water partition coefficient (Wildman–Crippen LogP) is 3.11. The highest BCUT2D eigenvalue weighted by Gasteiger charge is 2.14. The Kier molecular flexibility index (Phi) is 2.12. The summed E-state index contributed by atoms with van der Waals surface area (Å²) in [5.74, 6) is 0.878. The van der Waals surface area contributed by atoms with Crippen LogP contribution in [0.25, 0.3) is 0 Å². The van der Waals surface area contributed by atoms with E-state index in [1.165, 1.54) is 5.56 Å². The van der Waals surface area contributed by atoms with Gasteiger partial charge in [-0.3, -0.25) is 4.99 Å². The number of fused-ring (bicyclic) bond motifs is 1. The van der Waals surface area contributed by atoms with Crippen molar-refractivity contribution in [1.29, 1.82) is 0 Å². The zero-order valence-corrected chi connectivity index (χ0v) is 9.18. The van der Waals surface area contributed by atoms with E-state index in [4.69, 9.17) is 4.74 Å². The first-order chi connectivity index (χ1) is 6.20. The molecule has 13 heavy (non-hydrogen) atoms. The molecule has 2 nitrogen and oxygen atoms in total. The van der Waals surface area contributed by atoms with Gasteiger partial charge in [-0.25, -0.2) is 0 Å². The molecule has 0 amide bonds. The molecule has 0 aromatic heterocycles. The van der Waals surface area contributed by atoms with Crippen LogP contribution in [-0.2, 0) is 6.42 Å². The first-order valence-electron chi connectivity index (χ1n) is 4.11. The normalized spacial score (nSPS) is 13.9. The summed E-state index contributed by atoms with van der Waals surface area (Å²) in [6, 6.07) is 4.05. The van der Waals surface area contributed by atoms with Crippen LogP contribution >= 0.6 is 15.9 Å². The van der Waals surface area contributed by atoms with Crippen LogP contribution in [-0.4, -0.2) is 12.8 Å². The van der Waals surface area contributed by atoms with Crippen molar-refractivity contribution in [2.24, 2.45) is 4.99 Å². The number of benzene rings is 1. The molecule has 1 aliphatic rings. The van der Waals surface area contributed by atoms with Crippen LogP contribution in [0.2, 0.25) is 0 Å². The number of rotatable bonds is 1. The van der Waals surface area contributed by atoms with Gasteiger partial charge in [-0.2, -0.15) is 0 Å². The second kappa shape index (κ2) is 3.14. The molecule has 0 fully saturated rings. The average molecular weight is 240 g/mol. The summed E-state index contributed by atoms with van der Waals surface area (Å²) in [5, 5.41) is 0. The lowest BCUT2D eigenvalue weighted by Crippen LogP contribution is -1.90. The maximum absolute atomic E-state index is 5.21. The topological polar surface area (TPSA) is 21.6 Å². The molecule has 0 spiro atoms. The smallest absolute Gasteiger partial charge is 0.133 e. The Morgan fingerprint density at radius 2 is 2.23 bits per heavy atom. The van der Waals surface area contributed by atoms with Crippen molar-refractivity contribution < 1.29 is 4.74 Å². The summed E-state index contributed by atoms with van der Waals surface area (Å²) in [4.78, 5) is 4.42. The summed E-state index contributed by atoms with van der Waals surface area (Å²) in [7, 11) is 1.68.